The molecule has 2 atom stereocenters. The van der Waals surface area contributed by atoms with E-state index >= 15 is 0 Å². The Labute approximate surface area is 185 Å². The van der Waals surface area contributed by atoms with E-state index in [1.54, 1.807) is 30.8 Å². The lowest BCUT2D eigenvalue weighted by Gasteiger charge is -2.06. The van der Waals surface area contributed by atoms with E-state index < -0.39 is 0 Å². The highest BCUT2D eigenvalue weighted by Gasteiger charge is 2.14. The van der Waals surface area contributed by atoms with Crippen LogP contribution in [0.5, 0.6) is 0 Å². The molecular formula is C22H28N8S. The van der Waals surface area contributed by atoms with Crippen LogP contribution >= 0.6 is 11.3 Å². The number of nitrogens with zero attached hydrogens (tertiary/aromatic N) is 5. The number of hydrogen-bond donors (Lipinski definition) is 3. The van der Waals surface area contributed by atoms with Crippen LogP contribution in [0.3, 0.4) is 0 Å². The minimum Gasteiger partial charge on any atom is -0.356 e. The Hall–Kier alpha value is -2.91. The van der Waals surface area contributed by atoms with E-state index in [1.807, 2.05) is 23.8 Å². The van der Waals surface area contributed by atoms with Crippen LogP contribution in [0.25, 0.3) is 32.6 Å². The second-order valence-electron chi connectivity index (χ2n) is 7.92. The number of benzene rings is 1. The number of H-pyrrole nitrogens is 1. The average Bonchev–Trinajstić information content (AvgIpc) is 3.47. The Morgan fingerprint density at radius 1 is 1.03 bits per heavy atom. The molecule has 162 valence electrons. The zero-order valence-electron chi connectivity index (χ0n) is 18.1. The molecule has 2 unspecified atom stereocenters. The first kappa shape index (κ1) is 21.3. The van der Waals surface area contributed by atoms with E-state index in [0.29, 0.717) is 5.95 Å². The van der Waals surface area contributed by atoms with E-state index in [1.165, 1.54) is 25.8 Å². The first-order valence-electron chi connectivity index (χ1n) is 10.6. The third-order valence-electron chi connectivity index (χ3n) is 5.58. The smallest absolute Gasteiger partial charge is 0.242 e. The summed E-state index contributed by atoms with van der Waals surface area (Å²) in [6.45, 7) is 5.85. The third-order valence-corrected chi connectivity index (χ3v) is 6.44. The minimum absolute atomic E-state index is 0.499. The normalized spacial score (nSPS) is 18.8. The predicted molar refractivity (Wildman–Crippen MR) is 126 cm³/mol. The van der Waals surface area contributed by atoms with Crippen molar-refractivity contribution in [3.05, 3.63) is 36.2 Å². The molecule has 31 heavy (non-hydrogen) atoms. The largest absolute Gasteiger partial charge is 0.356 e. The molecule has 9 heteroatoms. The van der Waals surface area contributed by atoms with Gasteiger partial charge in [0.05, 0.1) is 28.1 Å². The van der Waals surface area contributed by atoms with Gasteiger partial charge in [-0.05, 0) is 38.6 Å². The summed E-state index contributed by atoms with van der Waals surface area (Å²) < 4.78 is 1.06. The van der Waals surface area contributed by atoms with Crippen molar-refractivity contribution in [2.75, 3.05) is 18.9 Å². The first-order chi connectivity index (χ1) is 15.2. The molecule has 0 amide bonds. The molecule has 8 nitrogen and oxygen atoms in total. The Bertz CT molecular complexity index is 1080. The van der Waals surface area contributed by atoms with Crippen molar-refractivity contribution in [1.29, 1.82) is 0 Å². The molecule has 0 saturated carbocycles. The van der Waals surface area contributed by atoms with Crippen LogP contribution in [0.15, 0.2) is 36.2 Å². The molecule has 1 aliphatic rings. The van der Waals surface area contributed by atoms with Crippen molar-refractivity contribution in [3.8, 4) is 22.4 Å². The fourth-order valence-electron chi connectivity index (χ4n) is 3.65. The van der Waals surface area contributed by atoms with Gasteiger partial charge in [0.2, 0.25) is 5.95 Å². The maximum absolute atomic E-state index is 4.49. The SMILES string of the molecule is CC1CCNC(C)CC1.CNc1ncc(-c2ccc(-c3cn[nH]c3)c3ncsc23)nn1. The molecule has 5 rings (SSSR count). The van der Waals surface area contributed by atoms with E-state index in [-0.39, 0.29) is 0 Å². The molecule has 0 aliphatic carbocycles. The van der Waals surface area contributed by atoms with Gasteiger partial charge in [-0.15, -0.1) is 21.5 Å². The summed E-state index contributed by atoms with van der Waals surface area (Å²) in [4.78, 5) is 8.71. The van der Waals surface area contributed by atoms with Gasteiger partial charge in [0.1, 0.15) is 5.69 Å². The molecule has 3 aromatic heterocycles. The summed E-state index contributed by atoms with van der Waals surface area (Å²) in [5.74, 6) is 1.45. The number of fused-ring (bicyclic) bond motifs is 1. The molecule has 0 spiro atoms. The van der Waals surface area contributed by atoms with Crippen molar-refractivity contribution in [1.82, 2.24) is 35.7 Å². The predicted octanol–water partition coefficient (Wildman–Crippen LogP) is 4.36. The molecule has 0 bridgehead atoms. The fraction of sp³-hybridized carbons (Fsp3) is 0.409. The molecule has 1 fully saturated rings. The molecule has 1 aliphatic heterocycles. The number of nitrogens with one attached hydrogen (secondary N) is 3. The molecule has 3 N–H and O–H groups in total. The average molecular weight is 437 g/mol. The van der Waals surface area contributed by atoms with E-state index in [9.17, 15) is 0 Å². The van der Waals surface area contributed by atoms with Crippen LogP contribution in [0, 0.1) is 5.92 Å². The highest BCUT2D eigenvalue weighted by molar-refractivity contribution is 7.17. The number of aromatic amines is 1. The lowest BCUT2D eigenvalue weighted by molar-refractivity contribution is 0.507. The minimum atomic E-state index is 0.499. The van der Waals surface area contributed by atoms with E-state index in [4.69, 9.17) is 0 Å². The number of anilines is 1. The molecule has 1 aromatic carbocycles. The topological polar surface area (TPSA) is 104 Å². The first-order valence-corrected chi connectivity index (χ1v) is 11.5. The second kappa shape index (κ2) is 9.93. The zero-order valence-corrected chi connectivity index (χ0v) is 18.9. The van der Waals surface area contributed by atoms with Crippen LogP contribution in [0.2, 0.25) is 0 Å². The Kier molecular flexibility index (Phi) is 6.83. The lowest BCUT2D eigenvalue weighted by atomic mass is 10.0. The van der Waals surface area contributed by atoms with Gasteiger partial charge in [-0.25, -0.2) is 9.97 Å². The van der Waals surface area contributed by atoms with Crippen molar-refractivity contribution < 1.29 is 0 Å². The van der Waals surface area contributed by atoms with Crippen molar-refractivity contribution in [2.45, 2.75) is 39.2 Å². The summed E-state index contributed by atoms with van der Waals surface area (Å²) in [6, 6.07) is 4.80. The lowest BCUT2D eigenvalue weighted by Crippen LogP contribution is -2.24. The molecule has 4 heterocycles. The third kappa shape index (κ3) is 5.05. The summed E-state index contributed by atoms with van der Waals surface area (Å²) in [6.07, 6.45) is 9.50. The highest BCUT2D eigenvalue weighted by Crippen LogP contribution is 2.36. The van der Waals surface area contributed by atoms with Crippen molar-refractivity contribution in [3.63, 3.8) is 0 Å². The van der Waals surface area contributed by atoms with E-state index in [0.717, 1.165) is 44.6 Å². The quantitative estimate of drug-likeness (QED) is 0.438. The summed E-state index contributed by atoms with van der Waals surface area (Å²) in [5.41, 5.74) is 6.53. The van der Waals surface area contributed by atoms with Gasteiger partial charge in [-0.1, -0.05) is 19.1 Å². The second-order valence-corrected chi connectivity index (χ2v) is 8.78. The van der Waals surface area contributed by atoms with Gasteiger partial charge in [-0.3, -0.25) is 5.10 Å². The number of thiazole rings is 1. The van der Waals surface area contributed by atoms with Crippen LogP contribution in [0.4, 0.5) is 5.95 Å². The molecule has 1 saturated heterocycles. The molecule has 4 aromatic rings. The number of hydrogen-bond acceptors (Lipinski definition) is 8. The molecule has 0 radical (unpaired) electrons. The van der Waals surface area contributed by atoms with Gasteiger partial charge in [0.25, 0.3) is 0 Å². The van der Waals surface area contributed by atoms with Crippen LogP contribution in [0.1, 0.15) is 33.1 Å². The molecular weight excluding hydrogens is 408 g/mol. The standard InChI is InChI=1S/C14H11N7S.C8H17N/c1-15-14-16-6-11(20-21-14)10-3-2-9(8-4-18-19-5-8)12-13(10)22-7-17-12;1-7-3-4-8(2)9-6-5-7/h2-7H,1H3,(H,18,19)(H,15,16,21);7-9H,3-6H2,1-2H3. The maximum atomic E-state index is 4.49. The van der Waals surface area contributed by atoms with Crippen LogP contribution < -0.4 is 10.6 Å². The van der Waals surface area contributed by atoms with E-state index in [2.05, 4.69) is 54.8 Å². The van der Waals surface area contributed by atoms with Crippen LogP contribution in [-0.2, 0) is 0 Å². The fourth-order valence-corrected chi connectivity index (χ4v) is 4.49. The number of aromatic nitrogens is 6. The monoisotopic (exact) mass is 436 g/mol. The van der Waals surface area contributed by atoms with Gasteiger partial charge in [0.15, 0.2) is 0 Å². The van der Waals surface area contributed by atoms with Gasteiger partial charge >= 0.3 is 0 Å². The Morgan fingerprint density at radius 3 is 2.65 bits per heavy atom. The maximum Gasteiger partial charge on any atom is 0.242 e. The zero-order chi connectivity index (χ0) is 21.6. The number of rotatable bonds is 3. The summed E-state index contributed by atoms with van der Waals surface area (Å²) in [5, 5.41) is 21.4. The van der Waals surface area contributed by atoms with Gasteiger partial charge in [-0.2, -0.15) is 5.10 Å². The summed E-state index contributed by atoms with van der Waals surface area (Å²) >= 11 is 1.58. The Balaban J connectivity index is 0.000000217. The summed E-state index contributed by atoms with van der Waals surface area (Å²) in [7, 11) is 1.76. The van der Waals surface area contributed by atoms with Crippen LogP contribution in [-0.4, -0.2) is 50.0 Å². The van der Waals surface area contributed by atoms with Crippen molar-refractivity contribution in [2.24, 2.45) is 5.92 Å². The Morgan fingerprint density at radius 2 is 1.90 bits per heavy atom. The van der Waals surface area contributed by atoms with Crippen molar-refractivity contribution >= 4 is 27.5 Å². The highest BCUT2D eigenvalue weighted by atomic mass is 32.1. The van der Waals surface area contributed by atoms with Gasteiger partial charge < -0.3 is 10.6 Å². The van der Waals surface area contributed by atoms with Gasteiger partial charge in [0, 0.05) is 36.0 Å².